The molecule has 0 atom stereocenters. The predicted octanol–water partition coefficient (Wildman–Crippen LogP) is 3.29. The number of likely N-dealkylation sites (N-methyl/N-ethyl adjacent to an activating group) is 1. The number of nitrogens with one attached hydrogen (secondary N) is 1. The predicted molar refractivity (Wildman–Crippen MR) is 79.4 cm³/mol. The van der Waals surface area contributed by atoms with E-state index in [1.807, 2.05) is 42.2 Å². The Hall–Kier alpha value is -2.36. The third-order valence-corrected chi connectivity index (χ3v) is 2.97. The normalized spacial score (nSPS) is 10.1. The molecule has 0 aliphatic heterocycles. The standard InChI is InChI=1S/C16H17FN2O/c1-2-19(15-6-4-3-5-7-15)12-16(20)18-14-10-8-13(17)9-11-14/h3-11H,2,12H2,1H3,(H,18,20). The van der Waals surface area contributed by atoms with E-state index in [-0.39, 0.29) is 18.3 Å². The zero-order valence-electron chi connectivity index (χ0n) is 11.3. The Morgan fingerprint density at radius 3 is 2.35 bits per heavy atom. The van der Waals surface area contributed by atoms with Crippen LogP contribution in [0.15, 0.2) is 54.6 Å². The maximum absolute atomic E-state index is 12.8. The van der Waals surface area contributed by atoms with Gasteiger partial charge in [-0.15, -0.1) is 0 Å². The van der Waals surface area contributed by atoms with E-state index >= 15 is 0 Å². The van der Waals surface area contributed by atoms with Gasteiger partial charge in [-0.2, -0.15) is 0 Å². The summed E-state index contributed by atoms with van der Waals surface area (Å²) in [5.74, 6) is -0.440. The lowest BCUT2D eigenvalue weighted by molar-refractivity contribution is -0.115. The van der Waals surface area contributed by atoms with Crippen LogP contribution in [0.4, 0.5) is 15.8 Å². The number of carbonyl (C=O) groups is 1. The van der Waals surface area contributed by atoms with Gasteiger partial charge in [0, 0.05) is 17.9 Å². The van der Waals surface area contributed by atoms with E-state index in [9.17, 15) is 9.18 Å². The van der Waals surface area contributed by atoms with Crippen molar-refractivity contribution in [2.45, 2.75) is 6.92 Å². The maximum Gasteiger partial charge on any atom is 0.243 e. The summed E-state index contributed by atoms with van der Waals surface area (Å²) >= 11 is 0. The van der Waals surface area contributed by atoms with Crippen LogP contribution in [0.1, 0.15) is 6.92 Å². The van der Waals surface area contributed by atoms with Crippen molar-refractivity contribution in [2.75, 3.05) is 23.3 Å². The van der Waals surface area contributed by atoms with Gasteiger partial charge < -0.3 is 10.2 Å². The molecule has 0 saturated heterocycles. The van der Waals surface area contributed by atoms with E-state index in [2.05, 4.69) is 5.32 Å². The highest BCUT2D eigenvalue weighted by molar-refractivity contribution is 5.94. The maximum atomic E-state index is 12.8. The molecule has 0 aromatic heterocycles. The highest BCUT2D eigenvalue weighted by atomic mass is 19.1. The van der Waals surface area contributed by atoms with Crippen LogP contribution in [0.25, 0.3) is 0 Å². The number of anilines is 2. The van der Waals surface area contributed by atoms with Gasteiger partial charge in [-0.3, -0.25) is 4.79 Å². The van der Waals surface area contributed by atoms with Crippen LogP contribution < -0.4 is 10.2 Å². The smallest absolute Gasteiger partial charge is 0.243 e. The van der Waals surface area contributed by atoms with E-state index in [0.29, 0.717) is 5.69 Å². The van der Waals surface area contributed by atoms with Gasteiger partial charge in [-0.25, -0.2) is 4.39 Å². The number of rotatable bonds is 5. The van der Waals surface area contributed by atoms with Crippen molar-refractivity contribution in [3.05, 3.63) is 60.4 Å². The molecule has 0 saturated carbocycles. The molecule has 1 N–H and O–H groups in total. The van der Waals surface area contributed by atoms with Crippen molar-refractivity contribution in [1.82, 2.24) is 0 Å². The van der Waals surface area contributed by atoms with Gasteiger partial charge in [0.2, 0.25) is 5.91 Å². The van der Waals surface area contributed by atoms with Crippen molar-refractivity contribution in [3.8, 4) is 0 Å². The van der Waals surface area contributed by atoms with Gasteiger partial charge in [0.25, 0.3) is 0 Å². The fourth-order valence-electron chi connectivity index (χ4n) is 1.93. The first kappa shape index (κ1) is 14.1. The lowest BCUT2D eigenvalue weighted by atomic mass is 10.2. The molecule has 2 rings (SSSR count). The van der Waals surface area contributed by atoms with Crippen LogP contribution in [-0.4, -0.2) is 19.0 Å². The fourth-order valence-corrected chi connectivity index (χ4v) is 1.93. The molecule has 2 aromatic carbocycles. The van der Waals surface area contributed by atoms with Gasteiger partial charge in [-0.1, -0.05) is 18.2 Å². The number of carbonyl (C=O) groups excluding carboxylic acids is 1. The number of amides is 1. The molecule has 2 aromatic rings. The van der Waals surface area contributed by atoms with E-state index in [1.54, 1.807) is 12.1 Å². The average Bonchev–Trinajstić information content (AvgIpc) is 2.48. The molecule has 0 unspecified atom stereocenters. The van der Waals surface area contributed by atoms with E-state index < -0.39 is 0 Å². The number of benzene rings is 2. The van der Waals surface area contributed by atoms with Gasteiger partial charge >= 0.3 is 0 Å². The van der Waals surface area contributed by atoms with Crippen LogP contribution in [0.2, 0.25) is 0 Å². The van der Waals surface area contributed by atoms with Crippen molar-refractivity contribution in [2.24, 2.45) is 0 Å². The molecule has 0 radical (unpaired) electrons. The van der Waals surface area contributed by atoms with E-state index in [1.165, 1.54) is 12.1 Å². The van der Waals surface area contributed by atoms with E-state index in [4.69, 9.17) is 0 Å². The molecular weight excluding hydrogens is 255 g/mol. The highest BCUT2D eigenvalue weighted by Crippen LogP contribution is 2.13. The SMILES string of the molecule is CCN(CC(=O)Nc1ccc(F)cc1)c1ccccc1. The molecule has 0 spiro atoms. The fraction of sp³-hybridized carbons (Fsp3) is 0.188. The minimum absolute atomic E-state index is 0.123. The van der Waals surface area contributed by atoms with Crippen LogP contribution in [0.3, 0.4) is 0 Å². The van der Waals surface area contributed by atoms with Crippen LogP contribution in [0.5, 0.6) is 0 Å². The van der Waals surface area contributed by atoms with Gasteiger partial charge in [0.05, 0.1) is 6.54 Å². The average molecular weight is 272 g/mol. The van der Waals surface area contributed by atoms with Crippen LogP contribution >= 0.6 is 0 Å². The highest BCUT2D eigenvalue weighted by Gasteiger charge is 2.09. The summed E-state index contributed by atoms with van der Waals surface area (Å²) in [5, 5.41) is 2.76. The monoisotopic (exact) mass is 272 g/mol. The molecule has 3 nitrogen and oxygen atoms in total. The Labute approximate surface area is 118 Å². The van der Waals surface area contributed by atoms with Crippen molar-refractivity contribution < 1.29 is 9.18 Å². The molecule has 0 fully saturated rings. The van der Waals surface area contributed by atoms with Crippen molar-refractivity contribution in [3.63, 3.8) is 0 Å². The van der Waals surface area contributed by atoms with Crippen LogP contribution in [0, 0.1) is 5.82 Å². The van der Waals surface area contributed by atoms with Gasteiger partial charge in [-0.05, 0) is 43.3 Å². The summed E-state index contributed by atoms with van der Waals surface area (Å²) in [4.78, 5) is 14.0. The number of hydrogen-bond acceptors (Lipinski definition) is 2. The Morgan fingerprint density at radius 1 is 1.10 bits per heavy atom. The first-order valence-electron chi connectivity index (χ1n) is 6.54. The molecule has 4 heteroatoms. The second-order valence-corrected chi connectivity index (χ2v) is 4.40. The third kappa shape index (κ3) is 3.82. The third-order valence-electron chi connectivity index (χ3n) is 2.97. The quantitative estimate of drug-likeness (QED) is 0.905. The summed E-state index contributed by atoms with van der Waals surface area (Å²) < 4.78 is 12.8. The zero-order valence-corrected chi connectivity index (χ0v) is 11.3. The molecule has 0 bridgehead atoms. The molecule has 0 aliphatic carbocycles. The zero-order chi connectivity index (χ0) is 14.4. The van der Waals surface area contributed by atoms with Crippen molar-refractivity contribution in [1.29, 1.82) is 0 Å². The molecule has 1 amide bonds. The molecule has 104 valence electrons. The summed E-state index contributed by atoms with van der Waals surface area (Å²) in [7, 11) is 0. The molecular formula is C16H17FN2O. The van der Waals surface area contributed by atoms with Crippen molar-refractivity contribution >= 4 is 17.3 Å². The number of halogens is 1. The number of hydrogen-bond donors (Lipinski definition) is 1. The summed E-state index contributed by atoms with van der Waals surface area (Å²) in [6.07, 6.45) is 0. The second-order valence-electron chi connectivity index (χ2n) is 4.40. The number of nitrogens with zero attached hydrogens (tertiary/aromatic N) is 1. The summed E-state index contributed by atoms with van der Waals surface area (Å²) in [6.45, 7) is 3.00. The Morgan fingerprint density at radius 2 is 1.75 bits per heavy atom. The number of para-hydroxylation sites is 1. The molecule has 20 heavy (non-hydrogen) atoms. The Bertz CT molecular complexity index is 554. The molecule has 0 aliphatic rings. The Balaban J connectivity index is 1.97. The molecule has 0 heterocycles. The summed E-state index contributed by atoms with van der Waals surface area (Å²) in [5.41, 5.74) is 1.60. The summed E-state index contributed by atoms with van der Waals surface area (Å²) in [6, 6.07) is 15.5. The van der Waals surface area contributed by atoms with Crippen LogP contribution in [-0.2, 0) is 4.79 Å². The largest absolute Gasteiger partial charge is 0.362 e. The Kier molecular flexibility index (Phi) is 4.71. The topological polar surface area (TPSA) is 32.3 Å². The lowest BCUT2D eigenvalue weighted by Crippen LogP contribution is -2.33. The van der Waals surface area contributed by atoms with E-state index in [0.717, 1.165) is 12.2 Å². The first-order chi connectivity index (χ1) is 9.69. The van der Waals surface area contributed by atoms with Gasteiger partial charge in [0.1, 0.15) is 5.82 Å². The lowest BCUT2D eigenvalue weighted by Gasteiger charge is -2.22. The first-order valence-corrected chi connectivity index (χ1v) is 6.54. The van der Waals surface area contributed by atoms with Gasteiger partial charge in [0.15, 0.2) is 0 Å². The minimum atomic E-state index is -0.317. The minimum Gasteiger partial charge on any atom is -0.362 e. The second kappa shape index (κ2) is 6.70.